The maximum atomic E-state index is 13.0. The second-order valence-electron chi connectivity index (χ2n) is 4.73. The van der Waals surface area contributed by atoms with Crippen molar-refractivity contribution >= 4 is 11.6 Å². The molecule has 1 fully saturated rings. The van der Waals surface area contributed by atoms with Crippen LogP contribution in [0.2, 0.25) is 5.02 Å². The van der Waals surface area contributed by atoms with E-state index < -0.39 is 18.0 Å². The average Bonchev–Trinajstić information content (AvgIpc) is 2.84. The van der Waals surface area contributed by atoms with Gasteiger partial charge in [-0.05, 0) is 36.5 Å². The molecular weight excluding hydrogens is 241 g/mol. The predicted octanol–water partition coefficient (Wildman–Crippen LogP) is 3.03. The fourth-order valence-electron chi connectivity index (χ4n) is 2.51. The summed E-state index contributed by atoms with van der Waals surface area (Å²) in [5, 5.41) is 10.2. The van der Waals surface area contributed by atoms with Crippen LogP contribution in [0.1, 0.15) is 37.3 Å². The first-order chi connectivity index (χ1) is 8.09. The Morgan fingerprint density at radius 3 is 2.59 bits per heavy atom. The fraction of sp³-hybridized carbons (Fsp3) is 0.538. The van der Waals surface area contributed by atoms with Gasteiger partial charge in [-0.15, -0.1) is 0 Å². The largest absolute Gasteiger partial charge is 0.391 e. The van der Waals surface area contributed by atoms with E-state index in [0.717, 1.165) is 25.7 Å². The molecule has 0 spiro atoms. The van der Waals surface area contributed by atoms with Crippen molar-refractivity contribution in [3.05, 3.63) is 34.6 Å². The lowest BCUT2D eigenvalue weighted by molar-refractivity contribution is 0.0845. The van der Waals surface area contributed by atoms with Gasteiger partial charge in [-0.1, -0.05) is 30.5 Å². The second kappa shape index (κ2) is 5.34. The SMILES string of the molecule is N[C@@H](c1ccc(F)c(Cl)c1)[C@H](O)C1CCCC1. The summed E-state index contributed by atoms with van der Waals surface area (Å²) in [4.78, 5) is 0. The average molecular weight is 258 g/mol. The van der Waals surface area contributed by atoms with Crippen molar-refractivity contribution in [1.29, 1.82) is 0 Å². The predicted molar refractivity (Wildman–Crippen MR) is 66.3 cm³/mol. The van der Waals surface area contributed by atoms with Crippen LogP contribution in [0.4, 0.5) is 4.39 Å². The van der Waals surface area contributed by atoms with Gasteiger partial charge in [0.2, 0.25) is 0 Å². The molecule has 0 saturated heterocycles. The van der Waals surface area contributed by atoms with E-state index in [1.165, 1.54) is 12.1 Å². The summed E-state index contributed by atoms with van der Waals surface area (Å²) >= 11 is 5.71. The van der Waals surface area contributed by atoms with Gasteiger partial charge in [-0.3, -0.25) is 0 Å². The van der Waals surface area contributed by atoms with Crippen molar-refractivity contribution < 1.29 is 9.50 Å². The first-order valence-electron chi connectivity index (χ1n) is 5.98. The Hall–Kier alpha value is -0.640. The zero-order valence-electron chi connectivity index (χ0n) is 9.57. The van der Waals surface area contributed by atoms with E-state index in [1.54, 1.807) is 6.07 Å². The molecule has 2 rings (SSSR count). The third-order valence-corrected chi connectivity index (χ3v) is 3.87. The number of halogens is 2. The van der Waals surface area contributed by atoms with Crippen LogP contribution in [0.3, 0.4) is 0 Å². The van der Waals surface area contributed by atoms with Crippen LogP contribution in [0.25, 0.3) is 0 Å². The van der Waals surface area contributed by atoms with Gasteiger partial charge in [0, 0.05) is 0 Å². The van der Waals surface area contributed by atoms with Gasteiger partial charge in [-0.2, -0.15) is 0 Å². The summed E-state index contributed by atoms with van der Waals surface area (Å²) in [5.74, 6) is -0.202. The van der Waals surface area contributed by atoms with E-state index in [9.17, 15) is 9.50 Å². The third kappa shape index (κ3) is 2.79. The summed E-state index contributed by atoms with van der Waals surface area (Å²) in [7, 11) is 0. The molecule has 0 amide bonds. The molecule has 1 aliphatic rings. The second-order valence-corrected chi connectivity index (χ2v) is 5.14. The minimum atomic E-state index is -0.570. The molecule has 2 nitrogen and oxygen atoms in total. The lowest BCUT2D eigenvalue weighted by Gasteiger charge is -2.24. The number of rotatable bonds is 3. The maximum absolute atomic E-state index is 13.0. The quantitative estimate of drug-likeness (QED) is 0.874. The van der Waals surface area contributed by atoms with Gasteiger partial charge in [0.05, 0.1) is 17.2 Å². The highest BCUT2D eigenvalue weighted by Gasteiger charge is 2.28. The molecular formula is C13H17ClFNO. The van der Waals surface area contributed by atoms with E-state index in [-0.39, 0.29) is 10.9 Å². The molecule has 1 aromatic rings. The Morgan fingerprint density at radius 1 is 1.35 bits per heavy atom. The van der Waals surface area contributed by atoms with Gasteiger partial charge in [0.1, 0.15) is 5.82 Å². The molecule has 17 heavy (non-hydrogen) atoms. The molecule has 0 bridgehead atoms. The third-order valence-electron chi connectivity index (χ3n) is 3.58. The van der Waals surface area contributed by atoms with Crippen molar-refractivity contribution in [3.8, 4) is 0 Å². The number of benzene rings is 1. The van der Waals surface area contributed by atoms with Gasteiger partial charge >= 0.3 is 0 Å². The molecule has 4 heteroatoms. The lowest BCUT2D eigenvalue weighted by Crippen LogP contribution is -2.31. The molecule has 3 N–H and O–H groups in total. The van der Waals surface area contributed by atoms with E-state index >= 15 is 0 Å². The number of hydrogen-bond donors (Lipinski definition) is 2. The summed E-state index contributed by atoms with van der Waals surface area (Å²) < 4.78 is 13.0. The standard InChI is InChI=1S/C13H17ClFNO/c14-10-7-9(5-6-11(10)15)12(16)13(17)8-3-1-2-4-8/h5-8,12-13,17H,1-4,16H2/t12-,13+/m0/s1. The Labute approximate surface area is 106 Å². The van der Waals surface area contributed by atoms with Crippen LogP contribution in [0.5, 0.6) is 0 Å². The van der Waals surface area contributed by atoms with E-state index in [4.69, 9.17) is 17.3 Å². The Balaban J connectivity index is 2.12. The van der Waals surface area contributed by atoms with Crippen LogP contribution >= 0.6 is 11.6 Å². The molecule has 0 aromatic heterocycles. The fourth-order valence-corrected chi connectivity index (χ4v) is 2.70. The number of aliphatic hydroxyl groups is 1. The van der Waals surface area contributed by atoms with Crippen molar-refractivity contribution in [1.82, 2.24) is 0 Å². The van der Waals surface area contributed by atoms with Crippen LogP contribution in [-0.2, 0) is 0 Å². The van der Waals surface area contributed by atoms with Gasteiger partial charge in [0.15, 0.2) is 0 Å². The highest BCUT2D eigenvalue weighted by molar-refractivity contribution is 6.30. The summed E-state index contributed by atoms with van der Waals surface area (Å²) in [6.45, 7) is 0. The zero-order valence-corrected chi connectivity index (χ0v) is 10.3. The molecule has 1 aliphatic carbocycles. The summed E-state index contributed by atoms with van der Waals surface area (Å²) in [6.07, 6.45) is 3.77. The van der Waals surface area contributed by atoms with Crippen molar-refractivity contribution in [2.45, 2.75) is 37.8 Å². The molecule has 2 atom stereocenters. The molecule has 1 saturated carbocycles. The van der Waals surface area contributed by atoms with Crippen molar-refractivity contribution in [2.24, 2.45) is 11.7 Å². The van der Waals surface area contributed by atoms with Crippen LogP contribution in [0.15, 0.2) is 18.2 Å². The monoisotopic (exact) mass is 257 g/mol. The van der Waals surface area contributed by atoms with Gasteiger partial charge in [0.25, 0.3) is 0 Å². The Kier molecular flexibility index (Phi) is 4.02. The molecule has 0 radical (unpaired) electrons. The molecule has 0 aliphatic heterocycles. The number of nitrogens with two attached hydrogens (primary N) is 1. The van der Waals surface area contributed by atoms with Crippen molar-refractivity contribution in [3.63, 3.8) is 0 Å². The highest BCUT2D eigenvalue weighted by atomic mass is 35.5. The van der Waals surface area contributed by atoms with Crippen LogP contribution in [0, 0.1) is 11.7 Å². The minimum absolute atomic E-state index is 0.0524. The summed E-state index contributed by atoms with van der Waals surface area (Å²) in [5.41, 5.74) is 6.70. The lowest BCUT2D eigenvalue weighted by atomic mass is 9.91. The maximum Gasteiger partial charge on any atom is 0.141 e. The zero-order chi connectivity index (χ0) is 12.4. The van der Waals surface area contributed by atoms with E-state index in [2.05, 4.69) is 0 Å². The smallest absolute Gasteiger partial charge is 0.141 e. The van der Waals surface area contributed by atoms with Crippen molar-refractivity contribution in [2.75, 3.05) is 0 Å². The van der Waals surface area contributed by atoms with Crippen LogP contribution < -0.4 is 5.73 Å². The number of aliphatic hydroxyl groups excluding tert-OH is 1. The Bertz CT molecular complexity index is 393. The van der Waals surface area contributed by atoms with E-state index in [1.807, 2.05) is 0 Å². The first kappa shape index (κ1) is 12.8. The molecule has 94 valence electrons. The summed E-state index contributed by atoms with van der Waals surface area (Å²) in [6, 6.07) is 3.89. The molecule has 0 unspecified atom stereocenters. The van der Waals surface area contributed by atoms with Crippen LogP contribution in [-0.4, -0.2) is 11.2 Å². The molecule has 1 aromatic carbocycles. The molecule has 0 heterocycles. The first-order valence-corrected chi connectivity index (χ1v) is 6.36. The normalized spacial score (nSPS) is 20.5. The van der Waals surface area contributed by atoms with E-state index in [0.29, 0.717) is 5.56 Å². The minimum Gasteiger partial charge on any atom is -0.391 e. The van der Waals surface area contributed by atoms with Gasteiger partial charge < -0.3 is 10.8 Å². The topological polar surface area (TPSA) is 46.2 Å². The number of hydrogen-bond acceptors (Lipinski definition) is 2. The highest BCUT2D eigenvalue weighted by Crippen LogP contribution is 2.33. The van der Waals surface area contributed by atoms with Gasteiger partial charge in [-0.25, -0.2) is 4.39 Å². The Morgan fingerprint density at radius 2 is 2.00 bits per heavy atom.